The average Bonchev–Trinajstić information content (AvgIpc) is 2.88. The molecule has 0 aliphatic rings. The number of nitrogens with one attached hydrogen (secondary N) is 2. The van der Waals surface area contributed by atoms with E-state index in [1.54, 1.807) is 20.1 Å². The summed E-state index contributed by atoms with van der Waals surface area (Å²) in [5.41, 5.74) is 0.0540. The number of nitrogens with zero attached hydrogens (tertiary/aromatic N) is 2. The Balaban J connectivity index is 2.00. The fourth-order valence-corrected chi connectivity index (χ4v) is 2.86. The average molecular weight is 354 g/mol. The minimum Gasteiger partial charge on any atom is -0.385 e. The number of rotatable bonds is 8. The van der Waals surface area contributed by atoms with E-state index in [4.69, 9.17) is 4.74 Å². The molecule has 1 heterocycles. The van der Waals surface area contributed by atoms with E-state index >= 15 is 0 Å². The van der Waals surface area contributed by atoms with Crippen LogP contribution in [0.25, 0.3) is 0 Å². The summed E-state index contributed by atoms with van der Waals surface area (Å²) in [5, 5.41) is 8.88. The van der Waals surface area contributed by atoms with Gasteiger partial charge in [0.05, 0.1) is 5.25 Å². The van der Waals surface area contributed by atoms with Gasteiger partial charge < -0.3 is 10.1 Å². The molecule has 1 aromatic heterocycles. The highest BCUT2D eigenvalue weighted by Gasteiger charge is 2.19. The first kappa shape index (κ1) is 18.2. The molecule has 0 spiro atoms. The Morgan fingerprint density at radius 3 is 3.04 bits per heavy atom. The number of ether oxygens (including phenoxy) is 1. The van der Waals surface area contributed by atoms with Crippen molar-refractivity contribution in [1.82, 2.24) is 14.8 Å². The molecule has 7 nitrogen and oxygen atoms in total. The number of amides is 1. The van der Waals surface area contributed by atoms with Crippen molar-refractivity contribution in [1.29, 1.82) is 0 Å². The van der Waals surface area contributed by atoms with E-state index in [1.165, 1.54) is 22.8 Å². The third-order valence-corrected chi connectivity index (χ3v) is 4.29. The lowest BCUT2D eigenvalue weighted by atomic mass is 10.3. The maximum Gasteiger partial charge on any atom is 0.343 e. The molecule has 0 bridgehead atoms. The molecule has 0 aliphatic carbocycles. The molecule has 0 saturated heterocycles. The van der Waals surface area contributed by atoms with E-state index in [1.807, 2.05) is 0 Å². The number of anilines is 1. The van der Waals surface area contributed by atoms with Gasteiger partial charge in [-0.15, -0.1) is 5.10 Å². The summed E-state index contributed by atoms with van der Waals surface area (Å²) < 4.78 is 19.6. The largest absolute Gasteiger partial charge is 0.385 e. The van der Waals surface area contributed by atoms with Gasteiger partial charge in [-0.25, -0.2) is 14.3 Å². The van der Waals surface area contributed by atoms with Gasteiger partial charge in [0.15, 0.2) is 5.16 Å². The van der Waals surface area contributed by atoms with Crippen LogP contribution in [0, 0.1) is 5.82 Å². The molecule has 2 N–H and O–H groups in total. The molecule has 1 amide bonds. The lowest BCUT2D eigenvalue weighted by Crippen LogP contribution is -2.24. The lowest BCUT2D eigenvalue weighted by Gasteiger charge is -2.12. The number of methoxy groups -OCH3 is 1. The maximum absolute atomic E-state index is 13.1. The van der Waals surface area contributed by atoms with Crippen LogP contribution in [-0.4, -0.2) is 39.6 Å². The van der Waals surface area contributed by atoms with Gasteiger partial charge in [0.2, 0.25) is 5.91 Å². The SMILES string of the molecule is COCCCn1c(S[C@H](C)C(=O)Nc2cccc(F)c2)n[nH]c1=O. The summed E-state index contributed by atoms with van der Waals surface area (Å²) in [4.78, 5) is 24.0. The number of carbonyl (C=O) groups is 1. The highest BCUT2D eigenvalue weighted by Crippen LogP contribution is 2.21. The number of hydrogen-bond donors (Lipinski definition) is 2. The van der Waals surface area contributed by atoms with Gasteiger partial charge in [-0.05, 0) is 31.5 Å². The van der Waals surface area contributed by atoms with Crippen molar-refractivity contribution in [3.8, 4) is 0 Å². The fraction of sp³-hybridized carbons (Fsp3) is 0.400. The molecule has 0 aliphatic heterocycles. The molecule has 2 aromatic rings. The predicted octanol–water partition coefficient (Wildman–Crippen LogP) is 1.87. The molecular formula is C15H19FN4O3S. The van der Waals surface area contributed by atoms with Crippen LogP contribution in [-0.2, 0) is 16.1 Å². The van der Waals surface area contributed by atoms with Crippen LogP contribution in [0.4, 0.5) is 10.1 Å². The summed E-state index contributed by atoms with van der Waals surface area (Å²) >= 11 is 1.15. The normalized spacial score (nSPS) is 12.1. The molecule has 24 heavy (non-hydrogen) atoms. The molecule has 0 saturated carbocycles. The molecule has 9 heteroatoms. The maximum atomic E-state index is 13.1. The lowest BCUT2D eigenvalue weighted by molar-refractivity contribution is -0.115. The van der Waals surface area contributed by atoms with Gasteiger partial charge in [-0.1, -0.05) is 17.8 Å². The third-order valence-electron chi connectivity index (χ3n) is 3.20. The van der Waals surface area contributed by atoms with Gasteiger partial charge in [0.25, 0.3) is 0 Å². The second-order valence-electron chi connectivity index (χ2n) is 5.07. The zero-order valence-corrected chi connectivity index (χ0v) is 14.2. The molecule has 1 atom stereocenters. The van der Waals surface area contributed by atoms with Crippen molar-refractivity contribution in [3.63, 3.8) is 0 Å². The van der Waals surface area contributed by atoms with E-state index in [0.717, 1.165) is 11.8 Å². The molecule has 0 fully saturated rings. The Morgan fingerprint density at radius 2 is 2.33 bits per heavy atom. The molecule has 1 aromatic carbocycles. The standard InChI is InChI=1S/C15H19FN4O3S/c1-10(13(21)17-12-6-3-5-11(16)9-12)24-15-19-18-14(22)20(15)7-4-8-23-2/h3,5-6,9-10H,4,7-8H2,1-2H3,(H,17,21)(H,18,22)/t10-/m1/s1. The van der Waals surface area contributed by atoms with Gasteiger partial charge in [0.1, 0.15) is 5.82 Å². The third kappa shape index (κ3) is 4.93. The van der Waals surface area contributed by atoms with E-state index in [2.05, 4.69) is 15.5 Å². The van der Waals surface area contributed by atoms with E-state index < -0.39 is 11.1 Å². The Bertz CT molecular complexity index is 746. The van der Waals surface area contributed by atoms with Crippen molar-refractivity contribution >= 4 is 23.4 Å². The number of carbonyl (C=O) groups excluding carboxylic acids is 1. The first-order valence-corrected chi connectivity index (χ1v) is 8.26. The number of halogens is 1. The quantitative estimate of drug-likeness (QED) is 0.558. The smallest absolute Gasteiger partial charge is 0.343 e. The first-order chi connectivity index (χ1) is 11.5. The Kier molecular flexibility index (Phi) is 6.56. The molecule has 130 valence electrons. The molecular weight excluding hydrogens is 335 g/mol. The van der Waals surface area contributed by atoms with Crippen LogP contribution in [0.5, 0.6) is 0 Å². The van der Waals surface area contributed by atoms with Crippen molar-refractivity contribution in [3.05, 3.63) is 40.6 Å². The van der Waals surface area contributed by atoms with Gasteiger partial charge in [0, 0.05) is 25.9 Å². The summed E-state index contributed by atoms with van der Waals surface area (Å²) in [5.74, 6) is -0.725. The molecule has 0 unspecified atom stereocenters. The van der Waals surface area contributed by atoms with Crippen LogP contribution in [0.15, 0.2) is 34.2 Å². The number of thioether (sulfide) groups is 1. The molecule has 2 rings (SSSR count). The second kappa shape index (κ2) is 8.65. The summed E-state index contributed by atoms with van der Waals surface area (Å²) in [6, 6.07) is 5.66. The zero-order chi connectivity index (χ0) is 17.5. The summed E-state index contributed by atoms with van der Waals surface area (Å²) in [6.45, 7) is 2.67. The zero-order valence-electron chi connectivity index (χ0n) is 13.4. The van der Waals surface area contributed by atoms with Crippen molar-refractivity contribution in [2.24, 2.45) is 0 Å². The first-order valence-electron chi connectivity index (χ1n) is 7.38. The van der Waals surface area contributed by atoms with E-state index in [0.29, 0.717) is 30.4 Å². The molecule has 0 radical (unpaired) electrons. The predicted molar refractivity (Wildman–Crippen MR) is 89.7 cm³/mol. The second-order valence-corrected chi connectivity index (χ2v) is 6.38. The van der Waals surface area contributed by atoms with E-state index in [-0.39, 0.29) is 11.6 Å². The number of hydrogen-bond acceptors (Lipinski definition) is 5. The minimum absolute atomic E-state index is 0.301. The minimum atomic E-state index is -0.510. The Hall–Kier alpha value is -2.13. The van der Waals surface area contributed by atoms with Crippen LogP contribution < -0.4 is 11.0 Å². The van der Waals surface area contributed by atoms with Crippen molar-refractivity contribution in [2.75, 3.05) is 19.0 Å². The van der Waals surface area contributed by atoms with Gasteiger partial charge in [-0.2, -0.15) is 0 Å². The van der Waals surface area contributed by atoms with Crippen molar-refractivity contribution < 1.29 is 13.9 Å². The highest BCUT2D eigenvalue weighted by atomic mass is 32.2. The van der Waals surface area contributed by atoms with Crippen LogP contribution in [0.3, 0.4) is 0 Å². The Morgan fingerprint density at radius 1 is 1.54 bits per heavy atom. The number of aromatic amines is 1. The number of benzene rings is 1. The Labute approximate surface area is 142 Å². The van der Waals surface area contributed by atoms with Crippen LogP contribution in [0.2, 0.25) is 0 Å². The number of aromatic nitrogens is 3. The van der Waals surface area contributed by atoms with Crippen molar-refractivity contribution in [2.45, 2.75) is 30.3 Å². The van der Waals surface area contributed by atoms with Gasteiger partial charge in [-0.3, -0.25) is 9.36 Å². The van der Waals surface area contributed by atoms with E-state index in [9.17, 15) is 14.0 Å². The number of H-pyrrole nitrogens is 1. The monoisotopic (exact) mass is 354 g/mol. The summed E-state index contributed by atoms with van der Waals surface area (Å²) in [7, 11) is 1.59. The van der Waals surface area contributed by atoms with Gasteiger partial charge >= 0.3 is 5.69 Å². The van der Waals surface area contributed by atoms with Crippen LogP contribution in [0.1, 0.15) is 13.3 Å². The highest BCUT2D eigenvalue weighted by molar-refractivity contribution is 8.00. The van der Waals surface area contributed by atoms with Crippen LogP contribution >= 0.6 is 11.8 Å². The fourth-order valence-electron chi connectivity index (χ4n) is 1.98. The topological polar surface area (TPSA) is 89.0 Å². The summed E-state index contributed by atoms with van der Waals surface area (Å²) in [6.07, 6.45) is 0.660.